The number of unbranched alkanes of at least 4 members (excludes halogenated alkanes) is 6. The van der Waals surface area contributed by atoms with Crippen LogP contribution in [0.3, 0.4) is 0 Å². The number of hydrogen-bond acceptors (Lipinski definition) is 2. The SMILES string of the molecule is CCCCC(CC)CC(CCCCCCCC(=O)O)(CC(CC)CCCC)C(=O)O.Cl. The van der Waals surface area contributed by atoms with E-state index in [1.54, 1.807) is 0 Å². The molecule has 2 unspecified atom stereocenters. The van der Waals surface area contributed by atoms with Crippen LogP contribution in [0.5, 0.6) is 0 Å². The number of hydrogen-bond donors (Lipinski definition) is 2. The van der Waals surface area contributed by atoms with Crippen molar-refractivity contribution < 1.29 is 19.8 Å². The fourth-order valence-electron chi connectivity index (χ4n) is 4.83. The molecule has 0 fully saturated rings. The van der Waals surface area contributed by atoms with Crippen molar-refractivity contribution in [1.29, 1.82) is 0 Å². The average Bonchev–Trinajstić information content (AvgIpc) is 2.72. The van der Waals surface area contributed by atoms with Crippen molar-refractivity contribution in [2.45, 2.75) is 137 Å². The third-order valence-electron chi connectivity index (χ3n) is 6.95. The number of rotatable bonds is 21. The topological polar surface area (TPSA) is 74.6 Å². The van der Waals surface area contributed by atoms with Crippen molar-refractivity contribution in [3.8, 4) is 0 Å². The molecule has 0 bridgehead atoms. The van der Waals surface area contributed by atoms with Gasteiger partial charge in [-0.1, -0.05) is 105 Å². The molecule has 0 saturated heterocycles. The van der Waals surface area contributed by atoms with Crippen LogP contribution in [-0.4, -0.2) is 22.2 Å². The summed E-state index contributed by atoms with van der Waals surface area (Å²) >= 11 is 0. The summed E-state index contributed by atoms with van der Waals surface area (Å²) in [5.74, 6) is -0.311. The lowest BCUT2D eigenvalue weighted by Crippen LogP contribution is -2.36. The molecule has 31 heavy (non-hydrogen) atoms. The Hall–Kier alpha value is -0.770. The van der Waals surface area contributed by atoms with Gasteiger partial charge in [0.05, 0.1) is 5.41 Å². The number of aliphatic carboxylic acids is 2. The third-order valence-corrected chi connectivity index (χ3v) is 6.95. The molecule has 0 aromatic heterocycles. The highest BCUT2D eigenvalue weighted by molar-refractivity contribution is 5.85. The van der Waals surface area contributed by atoms with E-state index in [1.807, 2.05) is 0 Å². The van der Waals surface area contributed by atoms with Gasteiger partial charge in [0.15, 0.2) is 0 Å². The van der Waals surface area contributed by atoms with Crippen molar-refractivity contribution in [1.82, 2.24) is 0 Å². The zero-order valence-corrected chi connectivity index (χ0v) is 21.6. The molecular weight excluding hydrogens is 412 g/mol. The quantitative estimate of drug-likeness (QED) is 0.167. The Bertz CT molecular complexity index is 435. The van der Waals surface area contributed by atoms with Gasteiger partial charge in [0.2, 0.25) is 0 Å². The van der Waals surface area contributed by atoms with Gasteiger partial charge in [-0.3, -0.25) is 9.59 Å². The summed E-state index contributed by atoms with van der Waals surface area (Å²) in [4.78, 5) is 23.3. The Morgan fingerprint density at radius 2 is 1.16 bits per heavy atom. The van der Waals surface area contributed by atoms with E-state index in [2.05, 4.69) is 27.7 Å². The summed E-state index contributed by atoms with van der Waals surface area (Å²) in [6.45, 7) is 8.84. The van der Waals surface area contributed by atoms with Gasteiger partial charge in [-0.05, 0) is 37.5 Å². The van der Waals surface area contributed by atoms with Gasteiger partial charge in [-0.2, -0.15) is 0 Å². The zero-order valence-electron chi connectivity index (χ0n) is 20.8. The number of carbonyl (C=O) groups is 2. The van der Waals surface area contributed by atoms with Gasteiger partial charge in [0.25, 0.3) is 0 Å². The zero-order chi connectivity index (χ0) is 22.8. The summed E-state index contributed by atoms with van der Waals surface area (Å²) in [5.41, 5.74) is -0.593. The lowest BCUT2D eigenvalue weighted by atomic mass is 9.67. The van der Waals surface area contributed by atoms with E-state index in [9.17, 15) is 14.7 Å². The predicted octanol–water partition coefficient (Wildman–Crippen LogP) is 8.51. The largest absolute Gasteiger partial charge is 0.481 e. The Morgan fingerprint density at radius 1 is 0.710 bits per heavy atom. The second-order valence-corrected chi connectivity index (χ2v) is 9.49. The Balaban J connectivity index is 0. The molecule has 0 aromatic rings. The Morgan fingerprint density at radius 3 is 1.55 bits per heavy atom. The van der Waals surface area contributed by atoms with Crippen LogP contribution in [-0.2, 0) is 9.59 Å². The second-order valence-electron chi connectivity index (χ2n) is 9.49. The van der Waals surface area contributed by atoms with Crippen LogP contribution in [0.15, 0.2) is 0 Å². The van der Waals surface area contributed by atoms with Gasteiger partial charge in [-0.15, -0.1) is 12.4 Å². The average molecular weight is 463 g/mol. The van der Waals surface area contributed by atoms with E-state index in [1.165, 1.54) is 25.7 Å². The lowest BCUT2D eigenvalue weighted by Gasteiger charge is -2.36. The van der Waals surface area contributed by atoms with Crippen molar-refractivity contribution in [2.75, 3.05) is 0 Å². The molecule has 0 rings (SSSR count). The molecular formula is C26H51ClO4. The number of carboxylic acids is 2. The number of halogens is 1. The van der Waals surface area contributed by atoms with Crippen molar-refractivity contribution >= 4 is 24.3 Å². The molecule has 0 heterocycles. The summed E-state index contributed by atoms with van der Waals surface area (Å²) < 4.78 is 0. The van der Waals surface area contributed by atoms with Crippen LogP contribution >= 0.6 is 12.4 Å². The van der Waals surface area contributed by atoms with Crippen LogP contribution in [0.25, 0.3) is 0 Å². The fraction of sp³-hybridized carbons (Fsp3) is 0.923. The van der Waals surface area contributed by atoms with E-state index < -0.39 is 17.4 Å². The van der Waals surface area contributed by atoms with Gasteiger partial charge >= 0.3 is 11.9 Å². The second kappa shape index (κ2) is 19.9. The smallest absolute Gasteiger partial charge is 0.309 e. The lowest BCUT2D eigenvalue weighted by molar-refractivity contribution is -0.152. The molecule has 186 valence electrons. The molecule has 5 heteroatoms. The fourth-order valence-corrected chi connectivity index (χ4v) is 4.83. The van der Waals surface area contributed by atoms with E-state index >= 15 is 0 Å². The number of carboxylic acid groups (broad SMARTS) is 2. The van der Waals surface area contributed by atoms with Crippen LogP contribution in [0.4, 0.5) is 0 Å². The molecule has 0 radical (unpaired) electrons. The summed E-state index contributed by atoms with van der Waals surface area (Å²) in [5, 5.41) is 19.2. The summed E-state index contributed by atoms with van der Waals surface area (Å²) in [7, 11) is 0. The van der Waals surface area contributed by atoms with E-state index in [-0.39, 0.29) is 18.8 Å². The maximum absolute atomic E-state index is 12.6. The van der Waals surface area contributed by atoms with Crippen LogP contribution in [0, 0.1) is 17.3 Å². The van der Waals surface area contributed by atoms with Crippen molar-refractivity contribution in [3.05, 3.63) is 0 Å². The minimum Gasteiger partial charge on any atom is -0.481 e. The molecule has 2 N–H and O–H groups in total. The molecule has 0 aliphatic rings. The molecule has 0 spiro atoms. The van der Waals surface area contributed by atoms with E-state index in [4.69, 9.17) is 5.11 Å². The van der Waals surface area contributed by atoms with Gasteiger partial charge in [0.1, 0.15) is 0 Å². The van der Waals surface area contributed by atoms with Crippen molar-refractivity contribution in [2.24, 2.45) is 17.3 Å². The monoisotopic (exact) mass is 462 g/mol. The van der Waals surface area contributed by atoms with Crippen molar-refractivity contribution in [3.63, 3.8) is 0 Å². The van der Waals surface area contributed by atoms with Crippen LogP contribution < -0.4 is 0 Å². The van der Waals surface area contributed by atoms with Gasteiger partial charge in [0, 0.05) is 6.42 Å². The third kappa shape index (κ3) is 14.8. The maximum atomic E-state index is 12.6. The van der Waals surface area contributed by atoms with E-state index in [0.717, 1.165) is 77.0 Å². The van der Waals surface area contributed by atoms with Crippen LogP contribution in [0.2, 0.25) is 0 Å². The first-order valence-electron chi connectivity index (χ1n) is 12.8. The Kier molecular flexibility index (Phi) is 20.8. The van der Waals surface area contributed by atoms with Gasteiger partial charge in [-0.25, -0.2) is 0 Å². The normalized spacial score (nSPS) is 15.0. The molecule has 0 saturated carbocycles. The predicted molar refractivity (Wildman–Crippen MR) is 133 cm³/mol. The summed E-state index contributed by atoms with van der Waals surface area (Å²) in [6.07, 6.45) is 16.4. The molecule has 0 aromatic carbocycles. The van der Waals surface area contributed by atoms with Crippen LogP contribution in [0.1, 0.15) is 137 Å². The first-order chi connectivity index (χ1) is 14.3. The first-order valence-corrected chi connectivity index (χ1v) is 12.8. The Labute approximate surface area is 198 Å². The molecule has 0 aliphatic carbocycles. The molecule has 2 atom stereocenters. The first kappa shape index (κ1) is 32.4. The standard InChI is InChI=1S/C26H50O4.ClH/c1-5-9-16-22(7-3)20-26(25(29)30,21-23(8-4)17-10-6-2)19-15-13-11-12-14-18-24(27)28;/h22-23H,5-21H2,1-4H3,(H,27,28)(H,29,30);1H. The highest BCUT2D eigenvalue weighted by Crippen LogP contribution is 2.43. The highest BCUT2D eigenvalue weighted by Gasteiger charge is 2.40. The molecule has 0 amide bonds. The van der Waals surface area contributed by atoms with Gasteiger partial charge < -0.3 is 10.2 Å². The minimum atomic E-state index is -0.727. The highest BCUT2D eigenvalue weighted by atomic mass is 35.5. The maximum Gasteiger partial charge on any atom is 0.309 e. The molecule has 0 aliphatic heterocycles. The summed E-state index contributed by atoms with van der Waals surface area (Å²) in [6, 6.07) is 0. The molecule has 4 nitrogen and oxygen atoms in total. The minimum absolute atomic E-state index is 0. The van der Waals surface area contributed by atoms with E-state index in [0.29, 0.717) is 11.8 Å².